The van der Waals surface area contributed by atoms with Gasteiger partial charge in [-0.15, -0.1) is 0 Å². The molecule has 0 aromatic carbocycles. The van der Waals surface area contributed by atoms with Gasteiger partial charge in [0.2, 0.25) is 0 Å². The summed E-state index contributed by atoms with van der Waals surface area (Å²) in [6.07, 6.45) is 0.148. The van der Waals surface area contributed by atoms with E-state index in [1.807, 2.05) is 6.92 Å². The number of hydrogen-bond acceptors (Lipinski definition) is 6. The first-order chi connectivity index (χ1) is 12.7. The predicted molar refractivity (Wildman–Crippen MR) is 105 cm³/mol. The van der Waals surface area contributed by atoms with E-state index < -0.39 is 38.6 Å². The highest BCUT2D eigenvalue weighted by Gasteiger charge is 2.57. The van der Waals surface area contributed by atoms with Crippen LogP contribution in [0.5, 0.6) is 0 Å². The Morgan fingerprint density at radius 1 is 1.44 bits per heavy atom. The van der Waals surface area contributed by atoms with Crippen molar-refractivity contribution in [3.05, 3.63) is 28.4 Å². The van der Waals surface area contributed by atoms with Crippen molar-refractivity contribution in [1.82, 2.24) is 9.55 Å². The second kappa shape index (κ2) is 8.65. The average molecular weight is 394 g/mol. The Labute approximate surface area is 162 Å². The Balaban J connectivity index is 2.45. The smallest absolute Gasteiger partial charge is 0.349 e. The van der Waals surface area contributed by atoms with Gasteiger partial charge in [-0.1, -0.05) is 34.6 Å². The third-order valence-corrected chi connectivity index (χ3v) is 8.52. The van der Waals surface area contributed by atoms with Crippen LogP contribution in [0.3, 0.4) is 0 Å². The van der Waals surface area contributed by atoms with Crippen LogP contribution in [0.25, 0.3) is 0 Å². The van der Waals surface area contributed by atoms with Crippen LogP contribution >= 0.6 is 0 Å². The molecule has 150 valence electrons. The highest BCUT2D eigenvalue weighted by Crippen LogP contribution is 2.47. The summed E-state index contributed by atoms with van der Waals surface area (Å²) in [5.41, 5.74) is -0.132. The quantitative estimate of drug-likeness (QED) is 0.713. The SMILES string of the molecule is CCc1ccn(C2OC(CO)C(O[SiH](C(C)C)C(C)C)C2(C)C#N)c(=O)n1. The zero-order valence-electron chi connectivity index (χ0n) is 17.0. The maximum absolute atomic E-state index is 12.5. The first-order valence-electron chi connectivity index (χ1n) is 9.60. The summed E-state index contributed by atoms with van der Waals surface area (Å²) in [4.78, 5) is 16.6. The number of aliphatic hydroxyl groups excluding tert-OH is 1. The summed E-state index contributed by atoms with van der Waals surface area (Å²) < 4.78 is 13.8. The monoisotopic (exact) mass is 393 g/mol. The van der Waals surface area contributed by atoms with Crippen LogP contribution in [0.15, 0.2) is 17.1 Å². The van der Waals surface area contributed by atoms with Gasteiger partial charge in [0.25, 0.3) is 0 Å². The van der Waals surface area contributed by atoms with Gasteiger partial charge in [0.1, 0.15) is 11.5 Å². The topological polar surface area (TPSA) is 97.4 Å². The zero-order valence-corrected chi connectivity index (χ0v) is 18.2. The van der Waals surface area contributed by atoms with Gasteiger partial charge in [-0.3, -0.25) is 4.57 Å². The van der Waals surface area contributed by atoms with Gasteiger partial charge < -0.3 is 14.3 Å². The van der Waals surface area contributed by atoms with Crippen LogP contribution in [0.2, 0.25) is 11.1 Å². The Hall–Kier alpha value is -1.53. The summed E-state index contributed by atoms with van der Waals surface area (Å²) in [7, 11) is -1.67. The fraction of sp³-hybridized carbons (Fsp3) is 0.737. The van der Waals surface area contributed by atoms with Gasteiger partial charge in [0, 0.05) is 11.9 Å². The lowest BCUT2D eigenvalue weighted by atomic mass is 9.84. The number of aliphatic hydroxyl groups is 1. The molecule has 1 fully saturated rings. The van der Waals surface area contributed by atoms with Gasteiger partial charge in [0.15, 0.2) is 15.3 Å². The second-order valence-corrected chi connectivity index (χ2v) is 11.9. The van der Waals surface area contributed by atoms with Crippen molar-refractivity contribution in [2.75, 3.05) is 6.61 Å². The predicted octanol–water partition coefficient (Wildman–Crippen LogP) is 2.15. The van der Waals surface area contributed by atoms with Crippen LogP contribution in [0, 0.1) is 16.7 Å². The summed E-state index contributed by atoms with van der Waals surface area (Å²) in [5.74, 6) is 0. The van der Waals surface area contributed by atoms with E-state index in [2.05, 4.69) is 38.7 Å². The van der Waals surface area contributed by atoms with Crippen molar-refractivity contribution >= 4 is 9.04 Å². The average Bonchev–Trinajstić information content (AvgIpc) is 2.91. The van der Waals surface area contributed by atoms with E-state index in [1.165, 1.54) is 4.57 Å². The summed E-state index contributed by atoms with van der Waals surface area (Å²) >= 11 is 0. The normalized spacial score (nSPS) is 28.3. The molecular weight excluding hydrogens is 362 g/mol. The molecule has 0 amide bonds. The summed E-state index contributed by atoms with van der Waals surface area (Å²) in [5, 5.41) is 19.9. The van der Waals surface area contributed by atoms with E-state index in [-0.39, 0.29) is 6.61 Å². The molecule has 4 atom stereocenters. The maximum Gasteiger partial charge on any atom is 0.349 e. The molecule has 1 aliphatic heterocycles. The molecule has 8 heteroatoms. The second-order valence-electron chi connectivity index (χ2n) is 8.08. The van der Waals surface area contributed by atoms with E-state index in [4.69, 9.17) is 9.16 Å². The van der Waals surface area contributed by atoms with Crippen molar-refractivity contribution in [1.29, 1.82) is 5.26 Å². The fourth-order valence-corrected chi connectivity index (χ4v) is 6.79. The molecule has 1 aromatic heterocycles. The first-order valence-corrected chi connectivity index (χ1v) is 11.4. The zero-order chi connectivity index (χ0) is 20.4. The van der Waals surface area contributed by atoms with E-state index in [0.29, 0.717) is 23.2 Å². The van der Waals surface area contributed by atoms with Gasteiger partial charge in [-0.2, -0.15) is 10.2 Å². The Morgan fingerprint density at radius 3 is 2.52 bits per heavy atom. The number of nitriles is 1. The van der Waals surface area contributed by atoms with Gasteiger partial charge >= 0.3 is 5.69 Å². The molecule has 0 bridgehead atoms. The highest BCUT2D eigenvalue weighted by molar-refractivity contribution is 6.55. The maximum atomic E-state index is 12.5. The number of hydrogen-bond donors (Lipinski definition) is 1. The molecule has 2 heterocycles. The lowest BCUT2D eigenvalue weighted by molar-refractivity contribution is -0.0489. The van der Waals surface area contributed by atoms with E-state index in [9.17, 15) is 15.2 Å². The third-order valence-electron chi connectivity index (χ3n) is 5.29. The molecule has 1 aromatic rings. The van der Waals surface area contributed by atoms with Crippen LogP contribution in [-0.2, 0) is 15.6 Å². The number of nitrogens with zero attached hydrogens (tertiary/aromatic N) is 3. The fourth-order valence-electron chi connectivity index (χ4n) is 3.82. The largest absolute Gasteiger partial charge is 0.412 e. The molecular formula is C19H31N3O4Si. The molecule has 0 spiro atoms. The number of ether oxygens (including phenoxy) is 1. The first kappa shape index (κ1) is 21.8. The third kappa shape index (κ3) is 4.16. The molecule has 0 saturated carbocycles. The molecule has 0 radical (unpaired) electrons. The van der Waals surface area contributed by atoms with Crippen molar-refractivity contribution in [2.24, 2.45) is 5.41 Å². The van der Waals surface area contributed by atoms with Crippen molar-refractivity contribution in [3.8, 4) is 6.07 Å². The van der Waals surface area contributed by atoms with Crippen LogP contribution in [0.1, 0.15) is 53.5 Å². The number of aromatic nitrogens is 2. The van der Waals surface area contributed by atoms with E-state index >= 15 is 0 Å². The standard InChI is InChI=1S/C19H31N3O4Si/c1-7-14-8-9-22(18(24)21-14)17-19(6,11-20)16(15(10-23)25-17)26-27(12(2)3)13(4)5/h8-9,12-13,15-17,23,27H,7,10H2,1-6H3. The van der Waals surface area contributed by atoms with Gasteiger partial charge in [0.05, 0.1) is 18.8 Å². The molecule has 2 rings (SSSR count). The van der Waals surface area contributed by atoms with Crippen LogP contribution in [0.4, 0.5) is 0 Å². The molecule has 1 saturated heterocycles. The van der Waals surface area contributed by atoms with Crippen molar-refractivity contribution in [2.45, 2.75) is 77.5 Å². The van der Waals surface area contributed by atoms with Gasteiger partial charge in [-0.05, 0) is 30.5 Å². The van der Waals surface area contributed by atoms with Crippen molar-refractivity contribution in [3.63, 3.8) is 0 Å². The molecule has 0 aliphatic carbocycles. The van der Waals surface area contributed by atoms with Crippen LogP contribution < -0.4 is 5.69 Å². The Morgan fingerprint density at radius 2 is 2.07 bits per heavy atom. The van der Waals surface area contributed by atoms with E-state index in [1.54, 1.807) is 19.2 Å². The summed E-state index contributed by atoms with van der Waals surface area (Å²) in [6.45, 7) is 11.9. The van der Waals surface area contributed by atoms with Crippen molar-refractivity contribution < 1.29 is 14.3 Å². The Kier molecular flexibility index (Phi) is 6.97. The van der Waals surface area contributed by atoms with E-state index in [0.717, 1.165) is 0 Å². The molecule has 27 heavy (non-hydrogen) atoms. The molecule has 4 unspecified atom stereocenters. The lowest BCUT2D eigenvalue weighted by Gasteiger charge is -2.34. The molecule has 1 aliphatic rings. The molecule has 1 N–H and O–H groups in total. The highest BCUT2D eigenvalue weighted by atomic mass is 28.3. The number of rotatable bonds is 7. The minimum Gasteiger partial charge on any atom is -0.412 e. The van der Waals surface area contributed by atoms with Crippen LogP contribution in [-0.4, -0.2) is 42.5 Å². The summed E-state index contributed by atoms with van der Waals surface area (Å²) in [6, 6.07) is 4.07. The van der Waals surface area contributed by atoms with Gasteiger partial charge in [-0.25, -0.2) is 4.79 Å². The Bertz CT molecular complexity index is 737. The lowest BCUT2D eigenvalue weighted by Crippen LogP contribution is -2.45. The number of aryl methyl sites for hydroxylation is 1. The minimum absolute atomic E-state index is 0.273. The minimum atomic E-state index is -1.67. The molecule has 7 nitrogen and oxygen atoms in total.